The van der Waals surface area contributed by atoms with Crippen molar-refractivity contribution in [1.82, 2.24) is 10.3 Å². The van der Waals surface area contributed by atoms with Crippen LogP contribution in [0.25, 0.3) is 0 Å². The Bertz CT molecular complexity index is 1270. The Labute approximate surface area is 205 Å². The molecule has 1 amide bonds. The van der Waals surface area contributed by atoms with Gasteiger partial charge in [0.2, 0.25) is 5.88 Å². The molecule has 3 rings (SSSR count). The molecule has 1 heterocycles. The fourth-order valence-electron chi connectivity index (χ4n) is 3.21. The number of benzene rings is 2. The number of nitrogens with one attached hydrogen (secondary N) is 2. The van der Waals surface area contributed by atoms with Gasteiger partial charge in [-0.25, -0.2) is 9.37 Å². The van der Waals surface area contributed by atoms with Crippen molar-refractivity contribution in [3.63, 3.8) is 0 Å². The highest BCUT2D eigenvalue weighted by Gasteiger charge is 2.25. The van der Waals surface area contributed by atoms with Gasteiger partial charge in [0.1, 0.15) is 29.3 Å². The van der Waals surface area contributed by atoms with Crippen LogP contribution >= 0.6 is 0 Å². The SMILES string of the molecule is CCOC(C(=O)NCc1ccc(C(=N)N)cc1Oc1ccc([N+](=O)[O-])cn1)c1ccc(OC)cc1F. The smallest absolute Gasteiger partial charge is 0.287 e. The number of aromatic nitrogens is 1. The number of halogens is 1. The molecule has 188 valence electrons. The second kappa shape index (κ2) is 11.7. The van der Waals surface area contributed by atoms with Crippen molar-refractivity contribution in [2.45, 2.75) is 19.6 Å². The summed E-state index contributed by atoms with van der Waals surface area (Å²) >= 11 is 0. The predicted octanol–water partition coefficient (Wildman–Crippen LogP) is 3.61. The first-order valence-corrected chi connectivity index (χ1v) is 10.7. The van der Waals surface area contributed by atoms with E-state index in [1.54, 1.807) is 19.1 Å². The number of amides is 1. The number of nitro groups is 1. The van der Waals surface area contributed by atoms with E-state index in [9.17, 15) is 19.3 Å². The lowest BCUT2D eigenvalue weighted by atomic mass is 10.1. The lowest BCUT2D eigenvalue weighted by molar-refractivity contribution is -0.385. The van der Waals surface area contributed by atoms with Gasteiger partial charge in [0.25, 0.3) is 11.6 Å². The van der Waals surface area contributed by atoms with Gasteiger partial charge < -0.3 is 25.3 Å². The number of amidine groups is 1. The van der Waals surface area contributed by atoms with Crippen LogP contribution in [0.3, 0.4) is 0 Å². The molecule has 36 heavy (non-hydrogen) atoms. The van der Waals surface area contributed by atoms with Crippen LogP contribution < -0.4 is 20.5 Å². The number of ether oxygens (including phenoxy) is 3. The van der Waals surface area contributed by atoms with Crippen LogP contribution in [0.4, 0.5) is 10.1 Å². The molecular weight excluding hydrogens is 473 g/mol. The van der Waals surface area contributed by atoms with Crippen LogP contribution in [0.15, 0.2) is 54.7 Å². The summed E-state index contributed by atoms with van der Waals surface area (Å²) in [6.45, 7) is 1.81. The molecule has 0 saturated heterocycles. The molecule has 1 unspecified atom stereocenters. The fraction of sp³-hybridized carbons (Fsp3) is 0.208. The first-order valence-electron chi connectivity index (χ1n) is 10.7. The molecule has 0 radical (unpaired) electrons. The lowest BCUT2D eigenvalue weighted by Gasteiger charge is -2.19. The maximum atomic E-state index is 14.6. The Kier molecular flexibility index (Phi) is 8.47. The summed E-state index contributed by atoms with van der Waals surface area (Å²) in [6.07, 6.45) is -0.167. The number of nitrogen functional groups attached to an aromatic ring is 1. The molecule has 0 fully saturated rings. The topological polar surface area (TPSA) is 163 Å². The highest BCUT2D eigenvalue weighted by molar-refractivity contribution is 5.95. The van der Waals surface area contributed by atoms with E-state index in [1.807, 2.05) is 0 Å². The average molecular weight is 497 g/mol. The van der Waals surface area contributed by atoms with Gasteiger partial charge in [-0.1, -0.05) is 12.1 Å². The number of methoxy groups -OCH3 is 1. The van der Waals surface area contributed by atoms with Crippen molar-refractivity contribution in [2.75, 3.05) is 13.7 Å². The number of nitrogens with zero attached hydrogens (tertiary/aromatic N) is 2. The van der Waals surface area contributed by atoms with E-state index < -0.39 is 22.8 Å². The normalized spacial score (nSPS) is 11.4. The maximum absolute atomic E-state index is 14.6. The monoisotopic (exact) mass is 497 g/mol. The minimum absolute atomic E-state index is 0.0410. The molecule has 4 N–H and O–H groups in total. The Morgan fingerprint density at radius 2 is 2.03 bits per heavy atom. The van der Waals surface area contributed by atoms with E-state index in [1.165, 1.54) is 37.4 Å². The van der Waals surface area contributed by atoms with E-state index in [0.29, 0.717) is 16.9 Å². The summed E-state index contributed by atoms with van der Waals surface area (Å²) < 4.78 is 30.9. The van der Waals surface area contributed by atoms with E-state index >= 15 is 0 Å². The second-order valence-corrected chi connectivity index (χ2v) is 7.39. The zero-order valence-electron chi connectivity index (χ0n) is 19.5. The number of rotatable bonds is 11. The Morgan fingerprint density at radius 3 is 2.61 bits per heavy atom. The minimum Gasteiger partial charge on any atom is -0.497 e. The Morgan fingerprint density at radius 1 is 1.25 bits per heavy atom. The van der Waals surface area contributed by atoms with Crippen LogP contribution in [-0.2, 0) is 16.1 Å². The molecular formula is C24H24FN5O6. The quantitative estimate of drug-likeness (QED) is 0.157. The predicted molar refractivity (Wildman–Crippen MR) is 128 cm³/mol. The summed E-state index contributed by atoms with van der Waals surface area (Å²) in [5.41, 5.74) is 6.26. The van der Waals surface area contributed by atoms with Crippen molar-refractivity contribution in [3.8, 4) is 17.4 Å². The number of hydrogen-bond acceptors (Lipinski definition) is 8. The van der Waals surface area contributed by atoms with Crippen molar-refractivity contribution >= 4 is 17.4 Å². The standard InChI is InChI=1S/C24H24FN5O6/c1-3-35-22(18-8-7-17(34-2)11-19(18)25)24(31)29-12-15-5-4-14(23(26)27)10-20(15)36-21-9-6-16(13-28-21)30(32)33/h4-11,13,22H,3,12H2,1-2H3,(H3,26,27)(H,29,31). The molecule has 1 atom stereocenters. The van der Waals surface area contributed by atoms with Gasteiger partial charge in [-0.3, -0.25) is 20.3 Å². The van der Waals surface area contributed by atoms with Gasteiger partial charge in [-0.2, -0.15) is 0 Å². The van der Waals surface area contributed by atoms with Crippen LogP contribution in [0.5, 0.6) is 17.4 Å². The summed E-state index contributed by atoms with van der Waals surface area (Å²) in [4.78, 5) is 27.1. The molecule has 12 heteroatoms. The zero-order valence-corrected chi connectivity index (χ0v) is 19.5. The summed E-state index contributed by atoms with van der Waals surface area (Å²) in [5, 5.41) is 21.2. The number of carbonyl (C=O) groups is 1. The number of nitrogens with two attached hydrogens (primary N) is 1. The third kappa shape index (κ3) is 6.30. The van der Waals surface area contributed by atoms with E-state index in [4.69, 9.17) is 25.4 Å². The molecule has 0 aliphatic heterocycles. The first kappa shape index (κ1) is 26.0. The minimum atomic E-state index is -1.21. The van der Waals surface area contributed by atoms with Crippen LogP contribution in [-0.4, -0.2) is 35.4 Å². The molecule has 0 saturated carbocycles. The molecule has 0 spiro atoms. The average Bonchev–Trinajstić information content (AvgIpc) is 2.86. The van der Waals surface area contributed by atoms with Gasteiger partial charge in [-0.15, -0.1) is 0 Å². The van der Waals surface area contributed by atoms with Crippen LogP contribution in [0.2, 0.25) is 0 Å². The third-order valence-corrected chi connectivity index (χ3v) is 5.04. The van der Waals surface area contributed by atoms with Gasteiger partial charge in [0.15, 0.2) is 6.10 Å². The van der Waals surface area contributed by atoms with Gasteiger partial charge in [-0.05, 0) is 25.1 Å². The molecule has 1 aromatic heterocycles. The largest absolute Gasteiger partial charge is 0.497 e. The highest BCUT2D eigenvalue weighted by atomic mass is 19.1. The molecule has 0 aliphatic rings. The molecule has 3 aromatic rings. The summed E-state index contributed by atoms with van der Waals surface area (Å²) in [7, 11) is 1.41. The van der Waals surface area contributed by atoms with Gasteiger partial charge in [0.05, 0.1) is 12.0 Å². The lowest BCUT2D eigenvalue weighted by Crippen LogP contribution is -2.31. The maximum Gasteiger partial charge on any atom is 0.287 e. The van der Waals surface area contributed by atoms with Crippen molar-refractivity contribution in [2.24, 2.45) is 5.73 Å². The van der Waals surface area contributed by atoms with Gasteiger partial charge >= 0.3 is 0 Å². The Balaban J connectivity index is 1.83. The van der Waals surface area contributed by atoms with Gasteiger partial charge in [0, 0.05) is 48.0 Å². The van der Waals surface area contributed by atoms with Crippen molar-refractivity contribution in [3.05, 3.63) is 87.3 Å². The van der Waals surface area contributed by atoms with Crippen molar-refractivity contribution < 1.29 is 28.3 Å². The van der Waals surface area contributed by atoms with E-state index in [0.717, 1.165) is 12.3 Å². The summed E-state index contributed by atoms with van der Waals surface area (Å²) in [5.74, 6) is -0.870. The Hall–Kier alpha value is -4.58. The highest BCUT2D eigenvalue weighted by Crippen LogP contribution is 2.28. The number of hydrogen-bond donors (Lipinski definition) is 3. The second-order valence-electron chi connectivity index (χ2n) is 7.39. The molecule has 2 aromatic carbocycles. The van der Waals surface area contributed by atoms with Crippen LogP contribution in [0, 0.1) is 21.3 Å². The molecule has 0 bridgehead atoms. The number of pyridine rings is 1. The summed E-state index contributed by atoms with van der Waals surface area (Å²) in [6, 6.07) is 11.3. The van der Waals surface area contributed by atoms with Crippen LogP contribution in [0.1, 0.15) is 29.7 Å². The zero-order chi connectivity index (χ0) is 26.2. The van der Waals surface area contributed by atoms with Crippen molar-refractivity contribution in [1.29, 1.82) is 5.41 Å². The molecule has 0 aliphatic carbocycles. The van der Waals surface area contributed by atoms with E-state index in [-0.39, 0.29) is 41.9 Å². The van der Waals surface area contributed by atoms with E-state index in [2.05, 4.69) is 10.3 Å². The first-order chi connectivity index (χ1) is 17.2. The third-order valence-electron chi connectivity index (χ3n) is 5.04. The number of carbonyl (C=O) groups excluding carboxylic acids is 1. The fourth-order valence-corrected chi connectivity index (χ4v) is 3.21. The molecule has 11 nitrogen and oxygen atoms in total.